The highest BCUT2D eigenvalue weighted by molar-refractivity contribution is 6.76. The molecule has 0 saturated heterocycles. The molecule has 4 nitrogen and oxygen atoms in total. The van der Waals surface area contributed by atoms with E-state index in [-0.39, 0.29) is 6.04 Å². The summed E-state index contributed by atoms with van der Waals surface area (Å²) in [5, 5.41) is 0. The summed E-state index contributed by atoms with van der Waals surface area (Å²) in [5.74, 6) is 0. The summed E-state index contributed by atoms with van der Waals surface area (Å²) in [6, 6.07) is 7.42. The smallest absolute Gasteiger partial charge is 0.124 e. The minimum absolute atomic E-state index is 0.0394. The van der Waals surface area contributed by atoms with Crippen LogP contribution in [0.4, 0.5) is 0 Å². The molecule has 1 atom stereocenters. The summed E-state index contributed by atoms with van der Waals surface area (Å²) in [6.07, 6.45) is 1.84. The summed E-state index contributed by atoms with van der Waals surface area (Å²) < 4.78 is 7.82. The molecule has 0 aliphatic rings. The molecule has 1 aromatic carbocycles. The van der Waals surface area contributed by atoms with Crippen LogP contribution in [-0.2, 0) is 11.5 Å². The lowest BCUT2D eigenvalue weighted by molar-refractivity contribution is 0.0898. The molecule has 0 amide bonds. The van der Waals surface area contributed by atoms with Gasteiger partial charge in [0.05, 0.1) is 17.4 Å². The highest BCUT2D eigenvalue weighted by Crippen LogP contribution is 2.18. The number of benzene rings is 1. The largest absolute Gasteiger partial charge is 0.361 e. The van der Waals surface area contributed by atoms with E-state index in [0.717, 1.165) is 23.2 Å². The van der Waals surface area contributed by atoms with Crippen molar-refractivity contribution in [3.05, 3.63) is 30.1 Å². The molecule has 0 saturated carbocycles. The molecule has 5 heteroatoms. The monoisotopic (exact) mass is 291 g/mol. The Balaban J connectivity index is 2.01. The van der Waals surface area contributed by atoms with Gasteiger partial charge in [-0.1, -0.05) is 25.7 Å². The maximum atomic E-state index is 5.90. The highest BCUT2D eigenvalue weighted by Gasteiger charge is 2.12. The number of nitrogens with two attached hydrogens (primary N) is 1. The molecule has 0 spiro atoms. The second-order valence-electron chi connectivity index (χ2n) is 6.60. The summed E-state index contributed by atoms with van der Waals surface area (Å²) >= 11 is 0. The lowest BCUT2D eigenvalue weighted by Crippen LogP contribution is -2.21. The van der Waals surface area contributed by atoms with Crippen LogP contribution in [0.3, 0.4) is 0 Å². The van der Waals surface area contributed by atoms with Crippen molar-refractivity contribution in [2.75, 3.05) is 6.61 Å². The highest BCUT2D eigenvalue weighted by atomic mass is 28.3. The Kier molecular flexibility index (Phi) is 4.62. The Hall–Kier alpha value is -1.17. The third-order valence-corrected chi connectivity index (χ3v) is 5.10. The summed E-state index contributed by atoms with van der Waals surface area (Å²) in [5.41, 5.74) is 9.09. The number of rotatable bonds is 6. The van der Waals surface area contributed by atoms with Crippen LogP contribution in [0.15, 0.2) is 24.5 Å². The Labute approximate surface area is 122 Å². The predicted molar refractivity (Wildman–Crippen MR) is 86.4 cm³/mol. The van der Waals surface area contributed by atoms with Crippen LogP contribution >= 0.6 is 0 Å². The zero-order valence-electron chi connectivity index (χ0n) is 12.9. The first kappa shape index (κ1) is 15.2. The van der Waals surface area contributed by atoms with E-state index in [1.54, 1.807) is 0 Å². The Bertz CT molecular complexity index is 572. The van der Waals surface area contributed by atoms with Crippen LogP contribution in [0.2, 0.25) is 25.7 Å². The SMILES string of the molecule is CC(N)c1ccc2c(c1)ncn2COCC[Si](C)(C)C. The van der Waals surface area contributed by atoms with Crippen molar-refractivity contribution in [2.45, 2.75) is 45.4 Å². The number of imidazole rings is 1. The summed E-state index contributed by atoms with van der Waals surface area (Å²) in [4.78, 5) is 4.43. The van der Waals surface area contributed by atoms with Gasteiger partial charge in [0, 0.05) is 20.7 Å². The molecular weight excluding hydrogens is 266 g/mol. The topological polar surface area (TPSA) is 53.1 Å². The van der Waals surface area contributed by atoms with Crippen molar-refractivity contribution in [3.8, 4) is 0 Å². The van der Waals surface area contributed by atoms with Gasteiger partial charge in [-0.2, -0.15) is 0 Å². The molecule has 20 heavy (non-hydrogen) atoms. The number of aromatic nitrogens is 2. The van der Waals surface area contributed by atoms with E-state index in [4.69, 9.17) is 10.5 Å². The lowest BCUT2D eigenvalue weighted by atomic mass is 10.1. The van der Waals surface area contributed by atoms with E-state index in [2.05, 4.69) is 42.8 Å². The van der Waals surface area contributed by atoms with Crippen molar-refractivity contribution < 1.29 is 4.74 Å². The van der Waals surface area contributed by atoms with Crippen LogP contribution in [0.25, 0.3) is 11.0 Å². The summed E-state index contributed by atoms with van der Waals surface area (Å²) in [6.45, 7) is 10.5. The molecule has 0 bridgehead atoms. The van der Waals surface area contributed by atoms with Crippen LogP contribution in [0.1, 0.15) is 18.5 Å². The third-order valence-electron chi connectivity index (χ3n) is 3.40. The quantitative estimate of drug-likeness (QED) is 0.656. The van der Waals surface area contributed by atoms with Gasteiger partial charge in [-0.05, 0) is 30.7 Å². The number of hydrogen-bond acceptors (Lipinski definition) is 3. The first-order chi connectivity index (χ1) is 9.37. The van der Waals surface area contributed by atoms with E-state index in [0.29, 0.717) is 6.73 Å². The van der Waals surface area contributed by atoms with Gasteiger partial charge in [-0.15, -0.1) is 0 Å². The molecule has 2 aromatic rings. The van der Waals surface area contributed by atoms with Crippen molar-refractivity contribution in [2.24, 2.45) is 5.73 Å². The molecule has 1 unspecified atom stereocenters. The summed E-state index contributed by atoms with van der Waals surface area (Å²) in [7, 11) is -1.02. The lowest BCUT2D eigenvalue weighted by Gasteiger charge is -2.15. The maximum absolute atomic E-state index is 5.90. The molecule has 0 radical (unpaired) electrons. The second-order valence-corrected chi connectivity index (χ2v) is 12.2. The van der Waals surface area contributed by atoms with Crippen molar-refractivity contribution in [1.29, 1.82) is 0 Å². The van der Waals surface area contributed by atoms with Crippen molar-refractivity contribution >= 4 is 19.1 Å². The molecule has 2 rings (SSSR count). The predicted octanol–water partition coefficient (Wildman–Crippen LogP) is 3.37. The van der Waals surface area contributed by atoms with E-state index in [1.807, 2.05) is 17.8 Å². The Morgan fingerprint density at radius 3 is 2.75 bits per heavy atom. The van der Waals surface area contributed by atoms with Crippen LogP contribution in [0, 0.1) is 0 Å². The first-order valence-corrected chi connectivity index (χ1v) is 10.9. The third kappa shape index (κ3) is 3.91. The molecule has 2 N–H and O–H groups in total. The minimum atomic E-state index is -1.02. The van der Waals surface area contributed by atoms with Gasteiger partial charge >= 0.3 is 0 Å². The zero-order chi connectivity index (χ0) is 14.8. The van der Waals surface area contributed by atoms with Crippen molar-refractivity contribution in [1.82, 2.24) is 9.55 Å². The van der Waals surface area contributed by atoms with Gasteiger partial charge in [0.25, 0.3) is 0 Å². The van der Waals surface area contributed by atoms with E-state index < -0.39 is 8.07 Å². The fourth-order valence-corrected chi connectivity index (χ4v) is 2.76. The number of hydrogen-bond donors (Lipinski definition) is 1. The molecule has 0 aliphatic heterocycles. The maximum Gasteiger partial charge on any atom is 0.124 e. The van der Waals surface area contributed by atoms with E-state index >= 15 is 0 Å². The molecule has 0 fully saturated rings. The zero-order valence-corrected chi connectivity index (χ0v) is 13.9. The number of fused-ring (bicyclic) bond motifs is 1. The number of ether oxygens (including phenoxy) is 1. The van der Waals surface area contributed by atoms with E-state index in [9.17, 15) is 0 Å². The van der Waals surface area contributed by atoms with Crippen LogP contribution < -0.4 is 5.73 Å². The van der Waals surface area contributed by atoms with Gasteiger partial charge in [-0.3, -0.25) is 0 Å². The molecule has 1 heterocycles. The van der Waals surface area contributed by atoms with Gasteiger partial charge in [-0.25, -0.2) is 4.98 Å². The standard InChI is InChI=1S/C15H25N3OSi/c1-12(16)13-5-6-15-14(9-13)17-10-18(15)11-19-7-8-20(2,3)4/h5-6,9-10,12H,7-8,11,16H2,1-4H3. The average Bonchev–Trinajstić information content (AvgIpc) is 2.76. The van der Waals surface area contributed by atoms with Gasteiger partial charge in [0.1, 0.15) is 6.73 Å². The van der Waals surface area contributed by atoms with Crippen LogP contribution in [0.5, 0.6) is 0 Å². The number of nitrogens with zero attached hydrogens (tertiary/aromatic N) is 2. The van der Waals surface area contributed by atoms with E-state index in [1.165, 1.54) is 6.04 Å². The fourth-order valence-electron chi connectivity index (χ4n) is 2.01. The Morgan fingerprint density at radius 2 is 2.10 bits per heavy atom. The minimum Gasteiger partial charge on any atom is -0.361 e. The average molecular weight is 291 g/mol. The molecule has 110 valence electrons. The van der Waals surface area contributed by atoms with Crippen molar-refractivity contribution in [3.63, 3.8) is 0 Å². The Morgan fingerprint density at radius 1 is 1.35 bits per heavy atom. The molecule has 0 aliphatic carbocycles. The normalized spacial score (nSPS) is 13.8. The first-order valence-electron chi connectivity index (χ1n) is 7.15. The van der Waals surface area contributed by atoms with Gasteiger partial charge in [0.15, 0.2) is 0 Å². The van der Waals surface area contributed by atoms with Gasteiger partial charge < -0.3 is 15.0 Å². The van der Waals surface area contributed by atoms with Gasteiger partial charge in [0.2, 0.25) is 0 Å². The second kappa shape index (κ2) is 6.07. The molecular formula is C15H25N3OSi. The fraction of sp³-hybridized carbons (Fsp3) is 0.533. The van der Waals surface area contributed by atoms with Crippen LogP contribution in [-0.4, -0.2) is 24.2 Å². The molecule has 1 aromatic heterocycles.